The maximum Gasteiger partial charge on any atom is 0.323 e. The van der Waals surface area contributed by atoms with Crippen LogP contribution in [0, 0.1) is 0 Å². The molecule has 88 valence electrons. The summed E-state index contributed by atoms with van der Waals surface area (Å²) in [7, 11) is 0. The summed E-state index contributed by atoms with van der Waals surface area (Å²) in [5, 5.41) is 9.88. The van der Waals surface area contributed by atoms with Crippen LogP contribution in [0.1, 0.15) is 34.1 Å². The molecule has 3 nitrogen and oxygen atoms in total. The molecule has 1 fully saturated rings. The van der Waals surface area contributed by atoms with Gasteiger partial charge in [0.1, 0.15) is 5.54 Å². The van der Waals surface area contributed by atoms with Crippen molar-refractivity contribution in [2.75, 3.05) is 12.3 Å². The Bertz CT molecular complexity index is 243. The third kappa shape index (κ3) is 2.67. The number of hydrogen-bond acceptors (Lipinski definition) is 3. The van der Waals surface area contributed by atoms with Crippen LogP contribution < -0.4 is 0 Å². The maximum atomic E-state index is 11.2. The Labute approximate surface area is 96.2 Å². The van der Waals surface area contributed by atoms with Gasteiger partial charge in [0.2, 0.25) is 0 Å². The summed E-state index contributed by atoms with van der Waals surface area (Å²) in [6.45, 7) is 8.65. The monoisotopic (exact) mass is 231 g/mol. The smallest absolute Gasteiger partial charge is 0.323 e. The van der Waals surface area contributed by atoms with E-state index in [1.165, 1.54) is 0 Å². The zero-order valence-electron chi connectivity index (χ0n) is 9.99. The van der Waals surface area contributed by atoms with Crippen LogP contribution in [0.15, 0.2) is 0 Å². The Kier molecular flexibility index (Phi) is 4.06. The zero-order valence-corrected chi connectivity index (χ0v) is 10.8. The SMILES string of the molecule is CCN(C1CSC(C)C1)C(C)(C)C(=O)O. The van der Waals surface area contributed by atoms with Crippen LogP contribution in [-0.4, -0.2) is 45.1 Å². The third-order valence-corrected chi connectivity index (χ3v) is 4.54. The standard InChI is InChI=1S/C11H21NO2S/c1-5-12(11(3,4)10(13)14)9-6-8(2)15-7-9/h8-9H,5-7H2,1-4H3,(H,13,14). The average Bonchev–Trinajstić information content (AvgIpc) is 2.52. The van der Waals surface area contributed by atoms with E-state index in [0.717, 1.165) is 18.7 Å². The first-order chi connectivity index (χ1) is 6.89. The molecular formula is C11H21NO2S. The lowest BCUT2D eigenvalue weighted by Crippen LogP contribution is -2.54. The van der Waals surface area contributed by atoms with E-state index in [0.29, 0.717) is 11.3 Å². The first-order valence-corrected chi connectivity index (χ1v) is 6.56. The number of carbonyl (C=O) groups is 1. The molecule has 1 aliphatic heterocycles. The van der Waals surface area contributed by atoms with Gasteiger partial charge in [0.05, 0.1) is 0 Å². The van der Waals surface area contributed by atoms with Crippen LogP contribution in [0.4, 0.5) is 0 Å². The minimum absolute atomic E-state index is 0.418. The van der Waals surface area contributed by atoms with E-state index in [-0.39, 0.29) is 0 Å². The second-order valence-electron chi connectivity index (χ2n) is 4.68. The number of likely N-dealkylation sites (N-methyl/N-ethyl adjacent to an activating group) is 1. The lowest BCUT2D eigenvalue weighted by Gasteiger charge is -2.38. The molecule has 0 radical (unpaired) electrons. The lowest BCUT2D eigenvalue weighted by molar-refractivity contribution is -0.150. The third-order valence-electron chi connectivity index (χ3n) is 3.20. The van der Waals surface area contributed by atoms with Crippen LogP contribution >= 0.6 is 11.8 Å². The second-order valence-corrected chi connectivity index (χ2v) is 6.16. The van der Waals surface area contributed by atoms with Gasteiger partial charge in [-0.3, -0.25) is 9.69 Å². The van der Waals surface area contributed by atoms with Crippen LogP contribution in [0.25, 0.3) is 0 Å². The van der Waals surface area contributed by atoms with Gasteiger partial charge in [0.15, 0.2) is 0 Å². The van der Waals surface area contributed by atoms with E-state index in [2.05, 4.69) is 11.8 Å². The maximum absolute atomic E-state index is 11.2. The Morgan fingerprint density at radius 1 is 1.60 bits per heavy atom. The number of carboxylic acid groups (broad SMARTS) is 1. The fourth-order valence-electron chi connectivity index (χ4n) is 2.24. The van der Waals surface area contributed by atoms with Crippen LogP contribution in [0.3, 0.4) is 0 Å². The lowest BCUT2D eigenvalue weighted by atomic mass is 9.99. The number of nitrogens with zero attached hydrogens (tertiary/aromatic N) is 1. The number of rotatable bonds is 4. The Morgan fingerprint density at radius 3 is 2.53 bits per heavy atom. The summed E-state index contributed by atoms with van der Waals surface area (Å²) in [6.07, 6.45) is 1.11. The molecule has 1 heterocycles. The minimum atomic E-state index is -0.746. The summed E-state index contributed by atoms with van der Waals surface area (Å²) in [5.74, 6) is 0.333. The molecule has 0 aromatic carbocycles. The summed E-state index contributed by atoms with van der Waals surface area (Å²) in [5.41, 5.74) is -0.746. The van der Waals surface area contributed by atoms with Gasteiger partial charge in [-0.25, -0.2) is 0 Å². The van der Waals surface area contributed by atoms with Crippen molar-refractivity contribution in [1.29, 1.82) is 0 Å². The quantitative estimate of drug-likeness (QED) is 0.804. The zero-order chi connectivity index (χ0) is 11.6. The van der Waals surface area contributed by atoms with Gasteiger partial charge < -0.3 is 5.11 Å². The predicted molar refractivity (Wildman–Crippen MR) is 64.4 cm³/mol. The van der Waals surface area contributed by atoms with Crippen LogP contribution in [-0.2, 0) is 4.79 Å². The molecule has 1 N–H and O–H groups in total. The van der Waals surface area contributed by atoms with Gasteiger partial charge in [-0.2, -0.15) is 11.8 Å². The molecule has 1 saturated heterocycles. The van der Waals surface area contributed by atoms with Crippen LogP contribution in [0.2, 0.25) is 0 Å². The van der Waals surface area contributed by atoms with Crippen molar-refractivity contribution in [2.24, 2.45) is 0 Å². The van der Waals surface area contributed by atoms with E-state index >= 15 is 0 Å². The Balaban J connectivity index is 2.75. The Morgan fingerprint density at radius 2 is 2.20 bits per heavy atom. The highest BCUT2D eigenvalue weighted by Gasteiger charge is 2.40. The molecule has 1 aliphatic rings. The molecule has 4 heteroatoms. The molecule has 0 bridgehead atoms. The van der Waals surface area contributed by atoms with Crippen molar-refractivity contribution >= 4 is 17.7 Å². The molecule has 2 unspecified atom stereocenters. The molecule has 0 amide bonds. The summed E-state index contributed by atoms with van der Waals surface area (Å²) >= 11 is 1.94. The van der Waals surface area contributed by atoms with E-state index in [1.807, 2.05) is 18.7 Å². The number of thioether (sulfide) groups is 1. The van der Waals surface area contributed by atoms with Crippen molar-refractivity contribution in [2.45, 2.75) is 50.9 Å². The highest BCUT2D eigenvalue weighted by Crippen LogP contribution is 2.32. The molecule has 1 rings (SSSR count). The average molecular weight is 231 g/mol. The van der Waals surface area contributed by atoms with Crippen molar-refractivity contribution in [1.82, 2.24) is 4.90 Å². The summed E-state index contributed by atoms with van der Waals surface area (Å²) in [4.78, 5) is 13.3. The summed E-state index contributed by atoms with van der Waals surface area (Å²) < 4.78 is 0. The molecule has 0 aliphatic carbocycles. The highest BCUT2D eigenvalue weighted by atomic mass is 32.2. The van der Waals surface area contributed by atoms with E-state index in [9.17, 15) is 9.90 Å². The summed E-state index contributed by atoms with van der Waals surface area (Å²) in [6, 6.07) is 0.418. The second kappa shape index (κ2) is 4.74. The molecule has 0 spiro atoms. The van der Waals surface area contributed by atoms with Gasteiger partial charge in [-0.1, -0.05) is 13.8 Å². The van der Waals surface area contributed by atoms with Gasteiger partial charge in [0.25, 0.3) is 0 Å². The van der Waals surface area contributed by atoms with Crippen molar-refractivity contribution in [3.8, 4) is 0 Å². The Hall–Kier alpha value is -0.220. The molecule has 0 aromatic heterocycles. The largest absolute Gasteiger partial charge is 0.480 e. The van der Waals surface area contributed by atoms with Gasteiger partial charge in [-0.15, -0.1) is 0 Å². The van der Waals surface area contributed by atoms with Crippen molar-refractivity contribution in [3.63, 3.8) is 0 Å². The molecule has 2 atom stereocenters. The number of hydrogen-bond donors (Lipinski definition) is 1. The van der Waals surface area contributed by atoms with Gasteiger partial charge in [0, 0.05) is 17.0 Å². The van der Waals surface area contributed by atoms with E-state index in [4.69, 9.17) is 0 Å². The minimum Gasteiger partial charge on any atom is -0.480 e. The molecule has 15 heavy (non-hydrogen) atoms. The number of aliphatic carboxylic acids is 1. The molecular weight excluding hydrogens is 210 g/mol. The topological polar surface area (TPSA) is 40.5 Å². The van der Waals surface area contributed by atoms with E-state index in [1.54, 1.807) is 13.8 Å². The normalized spacial score (nSPS) is 27.3. The van der Waals surface area contributed by atoms with E-state index < -0.39 is 11.5 Å². The first kappa shape index (κ1) is 12.8. The molecule has 0 aromatic rings. The predicted octanol–water partition coefficient (Wildman–Crippen LogP) is 2.07. The first-order valence-electron chi connectivity index (χ1n) is 5.51. The van der Waals surface area contributed by atoms with Crippen molar-refractivity contribution < 1.29 is 9.90 Å². The highest BCUT2D eigenvalue weighted by molar-refractivity contribution is 8.00. The molecule has 0 saturated carbocycles. The van der Waals surface area contributed by atoms with Gasteiger partial charge in [-0.05, 0) is 26.8 Å². The van der Waals surface area contributed by atoms with Gasteiger partial charge >= 0.3 is 5.97 Å². The fraction of sp³-hybridized carbons (Fsp3) is 0.909. The van der Waals surface area contributed by atoms with Crippen molar-refractivity contribution in [3.05, 3.63) is 0 Å². The number of carboxylic acids is 1. The fourth-order valence-corrected chi connectivity index (χ4v) is 3.47. The van der Waals surface area contributed by atoms with Crippen LogP contribution in [0.5, 0.6) is 0 Å².